The number of aryl methyl sites for hydroxylation is 1. The number of hydrogen-bond acceptors (Lipinski definition) is 7. The summed E-state index contributed by atoms with van der Waals surface area (Å²) in [5.74, 6) is 0. The zero-order valence-electron chi connectivity index (χ0n) is 10.1. The van der Waals surface area contributed by atoms with Crippen molar-refractivity contribution in [2.24, 2.45) is 5.11 Å². The van der Waals surface area contributed by atoms with Gasteiger partial charge >= 0.3 is 0 Å². The average molecular weight is 286 g/mol. The summed E-state index contributed by atoms with van der Waals surface area (Å²) in [6, 6.07) is -1.08. The van der Waals surface area contributed by atoms with Crippen LogP contribution < -0.4 is 0 Å². The molecule has 1 aliphatic heterocycles. The van der Waals surface area contributed by atoms with Gasteiger partial charge in [-0.05, 0) is 12.5 Å². The van der Waals surface area contributed by atoms with Crippen LogP contribution in [0.1, 0.15) is 16.8 Å². The maximum Gasteiger partial charge on any atom is 0.127 e. The van der Waals surface area contributed by atoms with E-state index >= 15 is 0 Å². The van der Waals surface area contributed by atoms with E-state index < -0.39 is 37.1 Å². The predicted molar refractivity (Wildman–Crippen MR) is 66.5 cm³/mol. The first-order chi connectivity index (χ1) is 9.08. The number of rotatable bonds is 3. The smallest absolute Gasteiger partial charge is 0.127 e. The van der Waals surface area contributed by atoms with Gasteiger partial charge in [0.2, 0.25) is 0 Å². The molecule has 1 aromatic rings. The standard InChI is InChI=1S/C10H14N4O4S/c1-4-12-5(3-19-4)10-9(17)7(13-14-11)8(16)6(2-15)18-10/h3,6-10,15-17H,2H2,1H3/t6-,7+,8+,9-,10+/m1/s1. The van der Waals surface area contributed by atoms with Gasteiger partial charge in [-0.2, -0.15) is 0 Å². The lowest BCUT2D eigenvalue weighted by Gasteiger charge is -2.39. The van der Waals surface area contributed by atoms with E-state index in [1.807, 2.05) is 6.92 Å². The highest BCUT2D eigenvalue weighted by atomic mass is 32.1. The highest BCUT2D eigenvalue weighted by Gasteiger charge is 2.45. The van der Waals surface area contributed by atoms with E-state index in [0.717, 1.165) is 5.01 Å². The van der Waals surface area contributed by atoms with Crippen LogP contribution in [0.2, 0.25) is 0 Å². The van der Waals surface area contributed by atoms with Gasteiger partial charge in [-0.25, -0.2) is 4.98 Å². The minimum absolute atomic E-state index is 0.440. The number of aliphatic hydroxyl groups excluding tert-OH is 3. The summed E-state index contributed by atoms with van der Waals surface area (Å²) in [5, 5.41) is 35.1. The molecule has 5 atom stereocenters. The minimum Gasteiger partial charge on any atom is -0.394 e. The van der Waals surface area contributed by atoms with E-state index in [1.54, 1.807) is 5.38 Å². The number of aliphatic hydroxyl groups is 3. The predicted octanol–water partition coefficient (Wildman–Crippen LogP) is 0.284. The van der Waals surface area contributed by atoms with Crippen LogP contribution in [0.25, 0.3) is 10.4 Å². The van der Waals surface area contributed by atoms with Crippen molar-refractivity contribution in [2.45, 2.75) is 37.4 Å². The monoisotopic (exact) mass is 286 g/mol. The van der Waals surface area contributed by atoms with E-state index in [2.05, 4.69) is 15.0 Å². The fourth-order valence-corrected chi connectivity index (χ4v) is 2.69. The van der Waals surface area contributed by atoms with E-state index in [4.69, 9.17) is 10.3 Å². The summed E-state index contributed by atoms with van der Waals surface area (Å²) in [6.45, 7) is 1.37. The first kappa shape index (κ1) is 14.2. The molecule has 8 nitrogen and oxygen atoms in total. The van der Waals surface area contributed by atoms with E-state index in [0.29, 0.717) is 5.69 Å². The van der Waals surface area contributed by atoms with E-state index in [1.165, 1.54) is 11.3 Å². The Balaban J connectivity index is 2.31. The van der Waals surface area contributed by atoms with Gasteiger partial charge in [0.1, 0.15) is 12.2 Å². The van der Waals surface area contributed by atoms with Crippen LogP contribution in [0.5, 0.6) is 0 Å². The highest BCUT2D eigenvalue weighted by molar-refractivity contribution is 7.09. The molecule has 104 valence electrons. The second-order valence-corrected chi connectivity index (χ2v) is 5.31. The maximum atomic E-state index is 10.1. The quantitative estimate of drug-likeness (QED) is 0.417. The number of hydrogen-bond donors (Lipinski definition) is 3. The summed E-state index contributed by atoms with van der Waals surface area (Å²) in [5.41, 5.74) is 8.99. The lowest BCUT2D eigenvalue weighted by Crippen LogP contribution is -2.54. The molecule has 0 saturated carbocycles. The van der Waals surface area contributed by atoms with Crippen molar-refractivity contribution in [1.29, 1.82) is 0 Å². The fourth-order valence-electron chi connectivity index (χ4n) is 2.05. The van der Waals surface area contributed by atoms with Crippen molar-refractivity contribution in [3.63, 3.8) is 0 Å². The molecule has 3 N–H and O–H groups in total. The average Bonchev–Trinajstić information content (AvgIpc) is 2.81. The van der Waals surface area contributed by atoms with E-state index in [-0.39, 0.29) is 0 Å². The first-order valence-electron chi connectivity index (χ1n) is 5.67. The van der Waals surface area contributed by atoms with E-state index in [9.17, 15) is 15.3 Å². The number of ether oxygens (including phenoxy) is 1. The Morgan fingerprint density at radius 3 is 2.79 bits per heavy atom. The molecule has 1 fully saturated rings. The topological polar surface area (TPSA) is 132 Å². The van der Waals surface area contributed by atoms with Gasteiger partial charge in [0.15, 0.2) is 0 Å². The van der Waals surface area contributed by atoms with Gasteiger partial charge in [-0.3, -0.25) is 0 Å². The van der Waals surface area contributed by atoms with Crippen molar-refractivity contribution in [3.8, 4) is 0 Å². The normalized spacial score (nSPS) is 34.8. The molecule has 0 unspecified atom stereocenters. The summed E-state index contributed by atoms with van der Waals surface area (Å²) >= 11 is 1.39. The number of thiazole rings is 1. The minimum atomic E-state index is -1.26. The summed E-state index contributed by atoms with van der Waals surface area (Å²) < 4.78 is 5.45. The van der Waals surface area contributed by atoms with Gasteiger partial charge in [0.25, 0.3) is 0 Å². The van der Waals surface area contributed by atoms with Crippen molar-refractivity contribution < 1.29 is 20.1 Å². The third-order valence-corrected chi connectivity index (χ3v) is 3.80. The SMILES string of the molecule is Cc1nc([C@@H]2O[C@H](CO)[C@H](O)[C@H](N=[N+]=[N-])[C@H]2O)cs1. The molecule has 1 aromatic heterocycles. The summed E-state index contributed by atoms with van der Waals surface area (Å²) in [6.07, 6.45) is -4.23. The molecule has 19 heavy (non-hydrogen) atoms. The number of nitrogens with zero attached hydrogens (tertiary/aromatic N) is 4. The molecule has 1 aliphatic rings. The fraction of sp³-hybridized carbons (Fsp3) is 0.700. The van der Waals surface area contributed by atoms with Crippen molar-refractivity contribution in [2.75, 3.05) is 6.61 Å². The number of azide groups is 1. The molecule has 1 saturated heterocycles. The molecule has 9 heteroatoms. The molecule has 2 rings (SSSR count). The number of aromatic nitrogens is 1. The van der Waals surface area contributed by atoms with Gasteiger partial charge in [-0.1, -0.05) is 5.11 Å². The summed E-state index contributed by atoms with van der Waals surface area (Å²) in [4.78, 5) is 6.82. The molecule has 2 heterocycles. The van der Waals surface area contributed by atoms with Crippen LogP contribution >= 0.6 is 11.3 Å². The van der Waals surface area contributed by atoms with Gasteiger partial charge in [-0.15, -0.1) is 11.3 Å². The van der Waals surface area contributed by atoms with Gasteiger partial charge in [0.05, 0.1) is 35.6 Å². The van der Waals surface area contributed by atoms with Crippen LogP contribution in [0, 0.1) is 6.92 Å². The Labute approximate surface area is 112 Å². The zero-order valence-corrected chi connectivity index (χ0v) is 10.9. The molecular weight excluding hydrogens is 272 g/mol. The van der Waals surface area contributed by atoms with Gasteiger partial charge in [0, 0.05) is 10.3 Å². The third kappa shape index (κ3) is 2.71. The molecular formula is C10H14N4O4S. The van der Waals surface area contributed by atoms with Crippen LogP contribution in [-0.2, 0) is 4.74 Å². The second kappa shape index (κ2) is 5.83. The lowest BCUT2D eigenvalue weighted by atomic mass is 9.92. The van der Waals surface area contributed by atoms with Crippen LogP contribution in [-0.4, -0.2) is 51.3 Å². The van der Waals surface area contributed by atoms with Crippen molar-refractivity contribution >= 4 is 11.3 Å². The third-order valence-electron chi connectivity index (χ3n) is 3.01. The Bertz CT molecular complexity index is 490. The van der Waals surface area contributed by atoms with Gasteiger partial charge < -0.3 is 20.1 Å². The Hall–Kier alpha value is -1.22. The van der Waals surface area contributed by atoms with Crippen molar-refractivity contribution in [1.82, 2.24) is 4.98 Å². The lowest BCUT2D eigenvalue weighted by molar-refractivity contribution is -0.191. The van der Waals surface area contributed by atoms with Crippen LogP contribution in [0.4, 0.5) is 0 Å². The van der Waals surface area contributed by atoms with Crippen LogP contribution in [0.3, 0.4) is 0 Å². The molecule has 0 radical (unpaired) electrons. The molecule has 0 spiro atoms. The largest absolute Gasteiger partial charge is 0.394 e. The summed E-state index contributed by atoms with van der Waals surface area (Å²) in [7, 11) is 0. The first-order valence-corrected chi connectivity index (χ1v) is 6.55. The Kier molecular flexibility index (Phi) is 4.35. The molecule has 0 bridgehead atoms. The highest BCUT2D eigenvalue weighted by Crippen LogP contribution is 2.34. The molecule has 0 aromatic carbocycles. The molecule has 0 amide bonds. The maximum absolute atomic E-state index is 10.1. The Morgan fingerprint density at radius 2 is 2.26 bits per heavy atom. The molecule has 0 aliphatic carbocycles. The van der Waals surface area contributed by atoms with Crippen LogP contribution in [0.15, 0.2) is 10.5 Å². The van der Waals surface area contributed by atoms with Crippen molar-refractivity contribution in [3.05, 3.63) is 26.5 Å². The zero-order chi connectivity index (χ0) is 14.0. The Morgan fingerprint density at radius 1 is 1.53 bits per heavy atom. The second-order valence-electron chi connectivity index (χ2n) is 4.25.